The van der Waals surface area contributed by atoms with Crippen LogP contribution in [-0.2, 0) is 14.8 Å². The van der Waals surface area contributed by atoms with Gasteiger partial charge in [0.2, 0.25) is 15.9 Å². The SMILES string of the molecule is CCOc1ccc(N([C@@H](CC)C(=O)Nc2ccc(N3CCCC3)cc2)S(C)(=O)=O)cc1. The third kappa shape index (κ3) is 5.70. The molecule has 1 atom stereocenters. The van der Waals surface area contributed by atoms with E-state index >= 15 is 0 Å². The number of carbonyl (C=O) groups is 1. The number of sulfonamides is 1. The van der Waals surface area contributed by atoms with E-state index in [1.807, 2.05) is 31.2 Å². The highest BCUT2D eigenvalue weighted by atomic mass is 32.2. The third-order valence-corrected chi connectivity index (χ3v) is 6.52. The minimum absolute atomic E-state index is 0.331. The Hall–Kier alpha value is -2.74. The fourth-order valence-electron chi connectivity index (χ4n) is 3.87. The van der Waals surface area contributed by atoms with E-state index < -0.39 is 16.1 Å². The first-order valence-corrected chi connectivity index (χ1v) is 12.6. The van der Waals surface area contributed by atoms with Gasteiger partial charge in [0.25, 0.3) is 0 Å². The Bertz CT molecular complexity index is 969. The van der Waals surface area contributed by atoms with Gasteiger partial charge >= 0.3 is 0 Å². The maximum atomic E-state index is 13.1. The van der Waals surface area contributed by atoms with Crippen LogP contribution in [0.25, 0.3) is 0 Å². The number of amides is 1. The molecule has 1 saturated heterocycles. The van der Waals surface area contributed by atoms with Gasteiger partial charge in [-0.1, -0.05) is 6.92 Å². The molecule has 7 nitrogen and oxygen atoms in total. The topological polar surface area (TPSA) is 79.0 Å². The summed E-state index contributed by atoms with van der Waals surface area (Å²) in [6, 6.07) is 13.6. The number of ether oxygens (including phenoxy) is 1. The van der Waals surface area contributed by atoms with E-state index in [2.05, 4.69) is 10.2 Å². The predicted molar refractivity (Wildman–Crippen MR) is 126 cm³/mol. The van der Waals surface area contributed by atoms with Crippen molar-refractivity contribution in [3.8, 4) is 5.75 Å². The van der Waals surface area contributed by atoms with Gasteiger partial charge in [0.05, 0.1) is 18.6 Å². The van der Waals surface area contributed by atoms with Gasteiger partial charge in [0.15, 0.2) is 0 Å². The maximum absolute atomic E-state index is 13.1. The van der Waals surface area contributed by atoms with Gasteiger partial charge in [-0.2, -0.15) is 0 Å². The van der Waals surface area contributed by atoms with Crippen molar-refractivity contribution < 1.29 is 17.9 Å². The lowest BCUT2D eigenvalue weighted by molar-refractivity contribution is -0.117. The zero-order chi connectivity index (χ0) is 22.4. The summed E-state index contributed by atoms with van der Waals surface area (Å²) < 4.78 is 31.8. The number of hydrogen-bond donors (Lipinski definition) is 1. The zero-order valence-electron chi connectivity index (χ0n) is 18.4. The molecule has 0 radical (unpaired) electrons. The van der Waals surface area contributed by atoms with Crippen molar-refractivity contribution in [2.24, 2.45) is 0 Å². The van der Waals surface area contributed by atoms with Gasteiger partial charge < -0.3 is 15.0 Å². The van der Waals surface area contributed by atoms with Crippen LogP contribution in [0.4, 0.5) is 17.1 Å². The van der Waals surface area contributed by atoms with Crippen molar-refractivity contribution in [1.29, 1.82) is 0 Å². The number of benzene rings is 2. The van der Waals surface area contributed by atoms with Gasteiger partial charge in [-0.05, 0) is 74.7 Å². The fraction of sp³-hybridized carbons (Fsp3) is 0.435. The predicted octanol–water partition coefficient (Wildman–Crippen LogP) is 3.87. The molecule has 0 unspecified atom stereocenters. The smallest absolute Gasteiger partial charge is 0.248 e. The standard InChI is InChI=1S/C23H31N3O4S/c1-4-22(26(31(3,28)29)20-12-14-21(15-13-20)30-5-2)23(27)24-18-8-10-19(11-9-18)25-16-6-7-17-25/h8-15,22H,4-7,16-17H2,1-3H3,(H,24,27)/t22-/m0/s1. The van der Waals surface area contributed by atoms with Gasteiger partial charge in [0, 0.05) is 24.5 Å². The lowest BCUT2D eigenvalue weighted by atomic mass is 10.1. The van der Waals surface area contributed by atoms with Crippen molar-refractivity contribution in [3.63, 3.8) is 0 Å². The van der Waals surface area contributed by atoms with E-state index in [1.54, 1.807) is 31.2 Å². The number of rotatable bonds is 9. The summed E-state index contributed by atoms with van der Waals surface area (Å²) in [4.78, 5) is 15.4. The fourth-order valence-corrected chi connectivity index (χ4v) is 5.08. The van der Waals surface area contributed by atoms with Crippen LogP contribution < -0.4 is 19.3 Å². The van der Waals surface area contributed by atoms with Crippen LogP contribution in [0.5, 0.6) is 5.75 Å². The normalized spacial score (nSPS) is 14.9. The van der Waals surface area contributed by atoms with E-state index in [9.17, 15) is 13.2 Å². The second-order valence-electron chi connectivity index (χ2n) is 7.64. The van der Waals surface area contributed by atoms with Gasteiger partial charge in [-0.15, -0.1) is 0 Å². The number of nitrogens with one attached hydrogen (secondary N) is 1. The van der Waals surface area contributed by atoms with Crippen molar-refractivity contribution >= 4 is 33.0 Å². The van der Waals surface area contributed by atoms with Crippen LogP contribution in [0.2, 0.25) is 0 Å². The van der Waals surface area contributed by atoms with E-state index in [-0.39, 0.29) is 5.91 Å². The summed E-state index contributed by atoms with van der Waals surface area (Å²) >= 11 is 0. The summed E-state index contributed by atoms with van der Waals surface area (Å²) in [6.45, 7) is 6.30. The van der Waals surface area contributed by atoms with Crippen LogP contribution in [0, 0.1) is 0 Å². The summed E-state index contributed by atoms with van der Waals surface area (Å²) in [6.07, 6.45) is 3.84. The number of anilines is 3. The lowest BCUT2D eigenvalue weighted by Gasteiger charge is -2.30. The van der Waals surface area contributed by atoms with Gasteiger partial charge in [0.1, 0.15) is 11.8 Å². The first-order chi connectivity index (χ1) is 14.8. The largest absolute Gasteiger partial charge is 0.494 e. The Kier molecular flexibility index (Phi) is 7.43. The highest BCUT2D eigenvalue weighted by molar-refractivity contribution is 7.92. The molecule has 1 aliphatic heterocycles. The Morgan fingerprint density at radius 3 is 2.19 bits per heavy atom. The van der Waals surface area contributed by atoms with Crippen molar-refractivity contribution in [3.05, 3.63) is 48.5 Å². The molecule has 3 rings (SSSR count). The highest BCUT2D eigenvalue weighted by Crippen LogP contribution is 2.27. The zero-order valence-corrected chi connectivity index (χ0v) is 19.2. The van der Waals surface area contributed by atoms with E-state index in [1.165, 1.54) is 17.1 Å². The molecule has 0 aromatic heterocycles. The highest BCUT2D eigenvalue weighted by Gasteiger charge is 2.31. The Morgan fingerprint density at radius 1 is 1.06 bits per heavy atom. The third-order valence-electron chi connectivity index (χ3n) is 5.34. The molecule has 1 N–H and O–H groups in total. The molecular weight excluding hydrogens is 414 g/mol. The molecule has 0 aliphatic carbocycles. The summed E-state index contributed by atoms with van der Waals surface area (Å²) in [5.74, 6) is 0.283. The minimum Gasteiger partial charge on any atom is -0.494 e. The number of nitrogens with zero attached hydrogens (tertiary/aromatic N) is 2. The first kappa shape index (κ1) is 22.9. The van der Waals surface area contributed by atoms with Crippen molar-refractivity contribution in [2.75, 3.05) is 40.5 Å². The van der Waals surface area contributed by atoms with Crippen LogP contribution in [0.3, 0.4) is 0 Å². The molecule has 8 heteroatoms. The Morgan fingerprint density at radius 2 is 1.68 bits per heavy atom. The molecule has 168 valence electrons. The van der Waals surface area contributed by atoms with Gasteiger partial charge in [-0.3, -0.25) is 9.10 Å². The first-order valence-electron chi connectivity index (χ1n) is 10.7. The monoisotopic (exact) mass is 445 g/mol. The van der Waals surface area contributed by atoms with Crippen molar-refractivity contribution in [2.45, 2.75) is 39.2 Å². The molecule has 0 spiro atoms. The summed E-state index contributed by atoms with van der Waals surface area (Å²) in [5.41, 5.74) is 2.21. The molecule has 2 aromatic rings. The van der Waals surface area contributed by atoms with Crippen LogP contribution in [0.1, 0.15) is 33.1 Å². The number of hydrogen-bond acceptors (Lipinski definition) is 5. The molecule has 0 bridgehead atoms. The van der Waals surface area contributed by atoms with E-state index in [4.69, 9.17) is 4.74 Å². The lowest BCUT2D eigenvalue weighted by Crippen LogP contribution is -2.47. The van der Waals surface area contributed by atoms with E-state index in [0.717, 1.165) is 25.0 Å². The summed E-state index contributed by atoms with van der Waals surface area (Å²) in [5, 5.41) is 2.88. The average Bonchev–Trinajstić information content (AvgIpc) is 3.27. The minimum atomic E-state index is -3.68. The molecule has 1 amide bonds. The van der Waals surface area contributed by atoms with Gasteiger partial charge in [-0.25, -0.2) is 8.42 Å². The quantitative estimate of drug-likeness (QED) is 0.634. The van der Waals surface area contributed by atoms with Crippen LogP contribution in [-0.4, -0.2) is 46.3 Å². The molecule has 1 fully saturated rings. The molecule has 1 aliphatic rings. The summed E-state index contributed by atoms with van der Waals surface area (Å²) in [7, 11) is -3.68. The average molecular weight is 446 g/mol. The molecule has 2 aromatic carbocycles. The number of carbonyl (C=O) groups excluding carboxylic acids is 1. The maximum Gasteiger partial charge on any atom is 0.248 e. The molecule has 1 heterocycles. The van der Waals surface area contributed by atoms with Crippen LogP contribution in [0.15, 0.2) is 48.5 Å². The molecule has 31 heavy (non-hydrogen) atoms. The Labute approximate surface area is 185 Å². The van der Waals surface area contributed by atoms with E-state index in [0.29, 0.717) is 30.2 Å². The Balaban J connectivity index is 1.78. The van der Waals surface area contributed by atoms with Crippen LogP contribution >= 0.6 is 0 Å². The molecule has 0 saturated carbocycles. The second kappa shape index (κ2) is 10.0. The van der Waals surface area contributed by atoms with Crippen molar-refractivity contribution in [1.82, 2.24) is 0 Å². The second-order valence-corrected chi connectivity index (χ2v) is 9.50. The molecular formula is C23H31N3O4S.